The summed E-state index contributed by atoms with van der Waals surface area (Å²) in [4.78, 5) is 15.9. The highest BCUT2D eigenvalue weighted by molar-refractivity contribution is 6.33. The van der Waals surface area contributed by atoms with Crippen molar-refractivity contribution in [3.63, 3.8) is 0 Å². The molecule has 4 nitrogen and oxygen atoms in total. The molecule has 0 aliphatic carbocycles. The number of nitrogens with one attached hydrogen (secondary N) is 1. The van der Waals surface area contributed by atoms with E-state index in [0.29, 0.717) is 16.4 Å². The SMILES string of the molecule is Cc1ccc(NC(=O)c2cc(N)cnc2Cl)cc1Cl. The molecule has 2 aromatic rings. The maximum Gasteiger partial charge on any atom is 0.258 e. The first-order chi connectivity index (χ1) is 8.97. The van der Waals surface area contributed by atoms with Gasteiger partial charge in [0.05, 0.1) is 17.4 Å². The summed E-state index contributed by atoms with van der Waals surface area (Å²) in [7, 11) is 0. The summed E-state index contributed by atoms with van der Waals surface area (Å²) in [5.74, 6) is -0.385. The Morgan fingerprint density at radius 1 is 1.32 bits per heavy atom. The van der Waals surface area contributed by atoms with Crippen molar-refractivity contribution >= 4 is 40.5 Å². The summed E-state index contributed by atoms with van der Waals surface area (Å²) in [6.07, 6.45) is 1.39. The molecule has 19 heavy (non-hydrogen) atoms. The molecular weight excluding hydrogens is 285 g/mol. The van der Waals surface area contributed by atoms with Crippen LogP contribution in [0.3, 0.4) is 0 Å². The molecule has 0 spiro atoms. The number of rotatable bonds is 2. The van der Waals surface area contributed by atoms with Crippen LogP contribution < -0.4 is 11.1 Å². The van der Waals surface area contributed by atoms with Crippen LogP contribution in [0.2, 0.25) is 10.2 Å². The van der Waals surface area contributed by atoms with Crippen LogP contribution in [-0.2, 0) is 0 Å². The maximum atomic E-state index is 12.0. The van der Waals surface area contributed by atoms with E-state index in [9.17, 15) is 4.79 Å². The predicted octanol–water partition coefficient (Wildman–Crippen LogP) is 3.53. The van der Waals surface area contributed by atoms with E-state index in [0.717, 1.165) is 5.56 Å². The number of nitrogens with zero attached hydrogens (tertiary/aromatic N) is 1. The van der Waals surface area contributed by atoms with Crippen molar-refractivity contribution in [1.82, 2.24) is 4.98 Å². The van der Waals surface area contributed by atoms with Crippen molar-refractivity contribution < 1.29 is 4.79 Å². The molecule has 1 heterocycles. The molecule has 1 amide bonds. The molecule has 0 unspecified atom stereocenters. The molecule has 0 saturated carbocycles. The van der Waals surface area contributed by atoms with Gasteiger partial charge < -0.3 is 11.1 Å². The number of carbonyl (C=O) groups excluding carboxylic acids is 1. The zero-order valence-corrected chi connectivity index (χ0v) is 11.6. The normalized spacial score (nSPS) is 10.3. The summed E-state index contributed by atoms with van der Waals surface area (Å²) < 4.78 is 0. The fraction of sp³-hybridized carbons (Fsp3) is 0.0769. The third-order valence-corrected chi connectivity index (χ3v) is 3.24. The van der Waals surface area contributed by atoms with Crippen molar-refractivity contribution in [2.24, 2.45) is 0 Å². The molecule has 0 saturated heterocycles. The van der Waals surface area contributed by atoms with E-state index < -0.39 is 0 Å². The van der Waals surface area contributed by atoms with Gasteiger partial charge in [0.1, 0.15) is 5.15 Å². The number of carbonyl (C=O) groups is 1. The number of halogens is 2. The molecule has 98 valence electrons. The Labute approximate surface area is 120 Å². The molecule has 0 atom stereocenters. The third-order valence-electron chi connectivity index (χ3n) is 2.53. The number of anilines is 2. The smallest absolute Gasteiger partial charge is 0.258 e. The van der Waals surface area contributed by atoms with E-state index in [4.69, 9.17) is 28.9 Å². The maximum absolute atomic E-state index is 12.0. The van der Waals surface area contributed by atoms with Gasteiger partial charge in [0, 0.05) is 10.7 Å². The second-order valence-electron chi connectivity index (χ2n) is 4.03. The van der Waals surface area contributed by atoms with Gasteiger partial charge in [-0.05, 0) is 30.7 Å². The minimum absolute atomic E-state index is 0.102. The number of aryl methyl sites for hydroxylation is 1. The summed E-state index contributed by atoms with van der Waals surface area (Å²) in [6.45, 7) is 1.88. The van der Waals surface area contributed by atoms with Gasteiger partial charge in [0.15, 0.2) is 0 Å². The second-order valence-corrected chi connectivity index (χ2v) is 4.79. The van der Waals surface area contributed by atoms with Crippen molar-refractivity contribution in [2.75, 3.05) is 11.1 Å². The average Bonchev–Trinajstić information content (AvgIpc) is 2.36. The molecule has 2 rings (SSSR count). The third kappa shape index (κ3) is 3.16. The molecule has 6 heteroatoms. The Morgan fingerprint density at radius 2 is 2.05 bits per heavy atom. The first-order valence-electron chi connectivity index (χ1n) is 5.46. The summed E-state index contributed by atoms with van der Waals surface area (Å²) in [5, 5.41) is 3.37. The van der Waals surface area contributed by atoms with Crippen LogP contribution >= 0.6 is 23.2 Å². The van der Waals surface area contributed by atoms with E-state index in [1.165, 1.54) is 12.3 Å². The van der Waals surface area contributed by atoms with Crippen molar-refractivity contribution in [3.8, 4) is 0 Å². The van der Waals surface area contributed by atoms with E-state index in [2.05, 4.69) is 10.3 Å². The number of amides is 1. The first kappa shape index (κ1) is 13.6. The zero-order valence-electron chi connectivity index (χ0n) is 10.1. The molecule has 1 aromatic carbocycles. The largest absolute Gasteiger partial charge is 0.397 e. The van der Waals surface area contributed by atoms with E-state index in [1.807, 2.05) is 13.0 Å². The van der Waals surface area contributed by atoms with E-state index >= 15 is 0 Å². The van der Waals surface area contributed by atoms with Gasteiger partial charge in [-0.2, -0.15) is 0 Å². The van der Waals surface area contributed by atoms with E-state index in [-0.39, 0.29) is 16.6 Å². The van der Waals surface area contributed by atoms with Crippen molar-refractivity contribution in [1.29, 1.82) is 0 Å². The second kappa shape index (κ2) is 5.47. The van der Waals surface area contributed by atoms with Gasteiger partial charge in [-0.1, -0.05) is 29.3 Å². The van der Waals surface area contributed by atoms with Gasteiger partial charge in [-0.3, -0.25) is 4.79 Å². The van der Waals surface area contributed by atoms with Gasteiger partial charge in [-0.15, -0.1) is 0 Å². The quantitative estimate of drug-likeness (QED) is 0.833. The summed E-state index contributed by atoms with van der Waals surface area (Å²) >= 11 is 11.9. The van der Waals surface area contributed by atoms with Crippen LogP contribution in [0.15, 0.2) is 30.5 Å². The monoisotopic (exact) mass is 295 g/mol. The number of hydrogen-bond acceptors (Lipinski definition) is 3. The van der Waals surface area contributed by atoms with E-state index in [1.54, 1.807) is 12.1 Å². The zero-order chi connectivity index (χ0) is 14.0. The molecule has 0 radical (unpaired) electrons. The van der Waals surface area contributed by atoms with Crippen LogP contribution in [-0.4, -0.2) is 10.9 Å². The molecule has 3 N–H and O–H groups in total. The fourth-order valence-electron chi connectivity index (χ4n) is 1.49. The highest BCUT2D eigenvalue weighted by Gasteiger charge is 2.12. The number of nitrogens with two attached hydrogens (primary N) is 1. The van der Waals surface area contributed by atoms with Crippen LogP contribution in [0.1, 0.15) is 15.9 Å². The number of nitrogen functional groups attached to an aromatic ring is 1. The lowest BCUT2D eigenvalue weighted by Crippen LogP contribution is -2.13. The lowest BCUT2D eigenvalue weighted by atomic mass is 10.2. The van der Waals surface area contributed by atoms with Gasteiger partial charge >= 0.3 is 0 Å². The first-order valence-corrected chi connectivity index (χ1v) is 6.21. The lowest BCUT2D eigenvalue weighted by molar-refractivity contribution is 0.102. The number of pyridine rings is 1. The molecule has 0 bridgehead atoms. The lowest BCUT2D eigenvalue weighted by Gasteiger charge is -2.08. The Kier molecular flexibility index (Phi) is 3.93. The topological polar surface area (TPSA) is 68.0 Å². The van der Waals surface area contributed by atoms with Gasteiger partial charge in [0.25, 0.3) is 5.91 Å². The minimum Gasteiger partial charge on any atom is -0.397 e. The van der Waals surface area contributed by atoms with Crippen LogP contribution in [0.4, 0.5) is 11.4 Å². The molecule has 0 fully saturated rings. The Balaban J connectivity index is 2.25. The highest BCUT2D eigenvalue weighted by atomic mass is 35.5. The number of hydrogen-bond donors (Lipinski definition) is 2. The van der Waals surface area contributed by atoms with Crippen LogP contribution in [0.5, 0.6) is 0 Å². The Hall–Kier alpha value is -1.78. The number of aromatic nitrogens is 1. The molecule has 0 aliphatic rings. The van der Waals surface area contributed by atoms with Crippen LogP contribution in [0.25, 0.3) is 0 Å². The Morgan fingerprint density at radius 3 is 2.74 bits per heavy atom. The number of benzene rings is 1. The van der Waals surface area contributed by atoms with Gasteiger partial charge in [-0.25, -0.2) is 4.98 Å². The predicted molar refractivity (Wildman–Crippen MR) is 77.8 cm³/mol. The van der Waals surface area contributed by atoms with Crippen LogP contribution in [0, 0.1) is 6.92 Å². The van der Waals surface area contributed by atoms with Gasteiger partial charge in [0.2, 0.25) is 0 Å². The molecular formula is C13H11Cl2N3O. The van der Waals surface area contributed by atoms with Crippen molar-refractivity contribution in [3.05, 3.63) is 51.8 Å². The minimum atomic E-state index is -0.385. The summed E-state index contributed by atoms with van der Waals surface area (Å²) in [6, 6.07) is 6.72. The highest BCUT2D eigenvalue weighted by Crippen LogP contribution is 2.22. The molecule has 0 aliphatic heterocycles. The average molecular weight is 296 g/mol. The molecule has 1 aromatic heterocycles. The van der Waals surface area contributed by atoms with Crippen molar-refractivity contribution in [2.45, 2.75) is 6.92 Å². The Bertz CT molecular complexity index is 644. The fourth-order valence-corrected chi connectivity index (χ4v) is 1.86. The standard InChI is InChI=1S/C13H11Cl2N3O/c1-7-2-3-9(5-11(7)14)18-13(19)10-4-8(16)6-17-12(10)15/h2-6H,16H2,1H3,(H,18,19). The summed E-state index contributed by atoms with van der Waals surface area (Å²) in [5.41, 5.74) is 7.69.